The zero-order chi connectivity index (χ0) is 17.9. The molecule has 2 aromatic rings. The Bertz CT molecular complexity index is 841. The van der Waals surface area contributed by atoms with Crippen LogP contribution in [0.2, 0.25) is 5.02 Å². The average molecular weight is 432 g/mol. The third-order valence-electron chi connectivity index (χ3n) is 3.26. The molecule has 0 heterocycles. The van der Waals surface area contributed by atoms with Gasteiger partial charge < -0.3 is 5.32 Å². The van der Waals surface area contributed by atoms with Crippen LogP contribution in [0.4, 0.5) is 11.4 Å². The minimum atomic E-state index is -3.66. The third kappa shape index (κ3) is 4.72. The second-order valence-corrected chi connectivity index (χ2v) is 8.42. The highest BCUT2D eigenvalue weighted by Crippen LogP contribution is 2.24. The van der Waals surface area contributed by atoms with Gasteiger partial charge in [-0.2, -0.15) is 0 Å². The zero-order valence-corrected chi connectivity index (χ0v) is 16.2. The largest absolute Gasteiger partial charge is 0.324 e. The molecule has 8 heteroatoms. The predicted octanol–water partition coefficient (Wildman–Crippen LogP) is 3.90. The van der Waals surface area contributed by atoms with Gasteiger partial charge in [0.05, 0.1) is 11.9 Å². The summed E-state index contributed by atoms with van der Waals surface area (Å²) < 4.78 is 26.2. The van der Waals surface area contributed by atoms with E-state index in [1.54, 1.807) is 42.5 Å². The maximum atomic E-state index is 12.5. The summed E-state index contributed by atoms with van der Waals surface area (Å²) in [6.07, 6.45) is 1.06. The summed E-state index contributed by atoms with van der Waals surface area (Å²) in [4.78, 5) is 12.5. The number of hydrogen-bond acceptors (Lipinski definition) is 3. The molecule has 0 bridgehead atoms. The third-order valence-corrected chi connectivity index (χ3v) is 5.25. The van der Waals surface area contributed by atoms with Gasteiger partial charge in [0, 0.05) is 15.2 Å². The van der Waals surface area contributed by atoms with E-state index in [0.717, 1.165) is 15.0 Å². The smallest absolute Gasteiger partial charge is 0.247 e. The highest BCUT2D eigenvalue weighted by atomic mass is 79.9. The number of sulfonamides is 1. The second-order valence-electron chi connectivity index (χ2n) is 5.21. The molecule has 2 aromatic carbocycles. The molecule has 0 radical (unpaired) electrons. The first-order chi connectivity index (χ1) is 11.2. The molecule has 0 aromatic heterocycles. The number of nitrogens with one attached hydrogen (secondary N) is 1. The van der Waals surface area contributed by atoms with Crippen molar-refractivity contribution in [3.63, 3.8) is 0 Å². The van der Waals surface area contributed by atoms with Crippen LogP contribution < -0.4 is 9.62 Å². The Morgan fingerprint density at radius 2 is 1.83 bits per heavy atom. The van der Waals surface area contributed by atoms with Crippen LogP contribution in [-0.2, 0) is 14.8 Å². The minimum Gasteiger partial charge on any atom is -0.324 e. The Hall–Kier alpha value is -1.57. The van der Waals surface area contributed by atoms with Crippen LogP contribution in [0.1, 0.15) is 6.92 Å². The summed E-state index contributed by atoms with van der Waals surface area (Å²) in [6, 6.07) is 12.4. The van der Waals surface area contributed by atoms with Crippen molar-refractivity contribution in [2.75, 3.05) is 15.9 Å². The van der Waals surface area contributed by atoms with E-state index in [1.165, 1.54) is 6.92 Å². The summed E-state index contributed by atoms with van der Waals surface area (Å²) in [6.45, 7) is 1.53. The van der Waals surface area contributed by atoms with Crippen molar-refractivity contribution < 1.29 is 13.2 Å². The topological polar surface area (TPSA) is 66.5 Å². The zero-order valence-electron chi connectivity index (χ0n) is 13.0. The lowest BCUT2D eigenvalue weighted by Crippen LogP contribution is -2.45. The molecule has 0 aliphatic heterocycles. The van der Waals surface area contributed by atoms with Gasteiger partial charge in [-0.05, 0) is 49.4 Å². The monoisotopic (exact) mass is 430 g/mol. The quantitative estimate of drug-likeness (QED) is 0.781. The Morgan fingerprint density at radius 3 is 2.38 bits per heavy atom. The first kappa shape index (κ1) is 18.8. The minimum absolute atomic E-state index is 0.374. The molecular formula is C16H16BrClN2O3S. The SMILES string of the molecule is C[C@@H](C(=O)Nc1cccc(Br)c1)N(c1ccc(Cl)cc1)S(C)(=O)=O. The number of nitrogens with zero attached hydrogens (tertiary/aromatic N) is 1. The molecule has 128 valence electrons. The molecule has 0 spiro atoms. The molecule has 1 amide bonds. The lowest BCUT2D eigenvalue weighted by Gasteiger charge is -2.28. The number of rotatable bonds is 5. The summed E-state index contributed by atoms with van der Waals surface area (Å²) in [5, 5.41) is 3.20. The van der Waals surface area contributed by atoms with Gasteiger partial charge in [0.2, 0.25) is 15.9 Å². The fraction of sp³-hybridized carbons (Fsp3) is 0.188. The van der Waals surface area contributed by atoms with Gasteiger partial charge in [-0.15, -0.1) is 0 Å². The van der Waals surface area contributed by atoms with Crippen molar-refractivity contribution in [2.45, 2.75) is 13.0 Å². The van der Waals surface area contributed by atoms with E-state index in [4.69, 9.17) is 11.6 Å². The van der Waals surface area contributed by atoms with Gasteiger partial charge in [0.15, 0.2) is 0 Å². The summed E-state index contributed by atoms with van der Waals surface area (Å²) in [7, 11) is -3.66. The van der Waals surface area contributed by atoms with Gasteiger partial charge in [0.25, 0.3) is 0 Å². The molecule has 1 atom stereocenters. The van der Waals surface area contributed by atoms with E-state index in [-0.39, 0.29) is 0 Å². The van der Waals surface area contributed by atoms with Crippen LogP contribution in [0.15, 0.2) is 53.0 Å². The van der Waals surface area contributed by atoms with Crippen LogP contribution in [0.25, 0.3) is 0 Å². The van der Waals surface area contributed by atoms with Crippen LogP contribution >= 0.6 is 27.5 Å². The molecule has 0 unspecified atom stereocenters. The maximum Gasteiger partial charge on any atom is 0.247 e. The fourth-order valence-electron chi connectivity index (χ4n) is 2.21. The first-order valence-corrected chi connectivity index (χ1v) is 10.0. The number of carbonyl (C=O) groups excluding carboxylic acids is 1. The second kappa shape index (κ2) is 7.55. The van der Waals surface area contributed by atoms with Gasteiger partial charge >= 0.3 is 0 Å². The highest BCUT2D eigenvalue weighted by molar-refractivity contribution is 9.10. The molecule has 2 rings (SSSR count). The van der Waals surface area contributed by atoms with Gasteiger partial charge in [-0.3, -0.25) is 9.10 Å². The Morgan fingerprint density at radius 1 is 1.21 bits per heavy atom. The molecule has 1 N–H and O–H groups in total. The number of hydrogen-bond donors (Lipinski definition) is 1. The van der Waals surface area contributed by atoms with E-state index in [0.29, 0.717) is 16.4 Å². The van der Waals surface area contributed by atoms with Crippen LogP contribution in [-0.4, -0.2) is 26.6 Å². The number of carbonyl (C=O) groups is 1. The van der Waals surface area contributed by atoms with Crippen LogP contribution in [0.3, 0.4) is 0 Å². The Kier molecular flexibility index (Phi) is 5.90. The van der Waals surface area contributed by atoms with Crippen molar-refractivity contribution in [3.05, 3.63) is 58.0 Å². The molecule has 0 saturated carbocycles. The van der Waals surface area contributed by atoms with E-state index in [2.05, 4.69) is 21.2 Å². The number of benzene rings is 2. The normalized spacial score (nSPS) is 12.5. The van der Waals surface area contributed by atoms with Crippen molar-refractivity contribution in [2.24, 2.45) is 0 Å². The summed E-state index contributed by atoms with van der Waals surface area (Å²) in [5.41, 5.74) is 0.949. The van der Waals surface area contributed by atoms with Crippen molar-refractivity contribution >= 4 is 54.8 Å². The van der Waals surface area contributed by atoms with Crippen molar-refractivity contribution in [3.8, 4) is 0 Å². The van der Waals surface area contributed by atoms with Gasteiger partial charge in [-0.1, -0.05) is 33.6 Å². The molecule has 0 aliphatic carbocycles. The Balaban J connectivity index is 2.29. The first-order valence-electron chi connectivity index (χ1n) is 7.00. The van der Waals surface area contributed by atoms with E-state index < -0.39 is 22.0 Å². The number of anilines is 2. The molecule has 0 aliphatic rings. The lowest BCUT2D eigenvalue weighted by atomic mass is 10.2. The van der Waals surface area contributed by atoms with Crippen LogP contribution in [0.5, 0.6) is 0 Å². The molecule has 24 heavy (non-hydrogen) atoms. The average Bonchev–Trinajstić information content (AvgIpc) is 2.48. The van der Waals surface area contributed by atoms with Gasteiger partial charge in [-0.25, -0.2) is 8.42 Å². The standard InChI is InChI=1S/C16H16BrClN2O3S/c1-11(16(21)19-14-5-3-4-12(17)10-14)20(24(2,22)23)15-8-6-13(18)7-9-15/h3-11H,1-2H3,(H,19,21)/t11-/m0/s1. The van der Waals surface area contributed by atoms with E-state index in [1.807, 2.05) is 6.07 Å². The fourth-order valence-corrected chi connectivity index (χ4v) is 3.91. The van der Waals surface area contributed by atoms with E-state index in [9.17, 15) is 13.2 Å². The number of amides is 1. The van der Waals surface area contributed by atoms with Crippen LogP contribution in [0, 0.1) is 0 Å². The lowest BCUT2D eigenvalue weighted by molar-refractivity contribution is -0.116. The van der Waals surface area contributed by atoms with E-state index >= 15 is 0 Å². The Labute approximate surface area is 154 Å². The molecular weight excluding hydrogens is 416 g/mol. The molecule has 0 fully saturated rings. The molecule has 0 saturated heterocycles. The summed E-state index contributed by atoms with van der Waals surface area (Å²) >= 11 is 9.17. The van der Waals surface area contributed by atoms with Crippen molar-refractivity contribution in [1.82, 2.24) is 0 Å². The van der Waals surface area contributed by atoms with Gasteiger partial charge in [0.1, 0.15) is 6.04 Å². The van der Waals surface area contributed by atoms with Crippen molar-refractivity contribution in [1.29, 1.82) is 0 Å². The predicted molar refractivity (Wildman–Crippen MR) is 101 cm³/mol. The highest BCUT2D eigenvalue weighted by Gasteiger charge is 2.29. The molecule has 5 nitrogen and oxygen atoms in total. The maximum absolute atomic E-state index is 12.5. The summed E-state index contributed by atoms with van der Waals surface area (Å²) in [5.74, 6) is -0.437. The number of halogens is 2.